The third kappa shape index (κ3) is 7.54. The lowest BCUT2D eigenvalue weighted by atomic mass is 10.2. The standard InChI is InChI=1S/C17H23N3O3S/c1-24(21,22)20-11-5-9-18-13-15-6-4-8-17(12-15)23-14-16-7-2-3-10-19-16/h2-4,6-8,10,12,18,20H,5,9,11,13-14H2,1H3. The normalized spacial score (nSPS) is 11.4. The molecule has 0 aliphatic heterocycles. The van der Waals surface area contributed by atoms with Gasteiger partial charge in [0.1, 0.15) is 12.4 Å². The molecule has 0 amide bonds. The first kappa shape index (κ1) is 18.4. The molecule has 2 N–H and O–H groups in total. The highest BCUT2D eigenvalue weighted by atomic mass is 32.2. The van der Waals surface area contributed by atoms with Crippen LogP contribution < -0.4 is 14.8 Å². The summed E-state index contributed by atoms with van der Waals surface area (Å²) >= 11 is 0. The van der Waals surface area contributed by atoms with E-state index in [1.807, 2.05) is 42.5 Å². The Morgan fingerprint density at radius 1 is 1.12 bits per heavy atom. The number of nitrogens with one attached hydrogen (secondary N) is 2. The molecule has 1 heterocycles. The van der Waals surface area contributed by atoms with Crippen molar-refractivity contribution in [2.45, 2.75) is 19.6 Å². The molecule has 1 aromatic carbocycles. The number of hydrogen-bond acceptors (Lipinski definition) is 5. The summed E-state index contributed by atoms with van der Waals surface area (Å²) in [5.41, 5.74) is 2.00. The van der Waals surface area contributed by atoms with Crippen molar-refractivity contribution in [1.82, 2.24) is 15.0 Å². The third-order valence-electron chi connectivity index (χ3n) is 3.24. The highest BCUT2D eigenvalue weighted by molar-refractivity contribution is 7.88. The average Bonchev–Trinajstić information content (AvgIpc) is 2.56. The molecule has 2 aromatic rings. The third-order valence-corrected chi connectivity index (χ3v) is 3.96. The summed E-state index contributed by atoms with van der Waals surface area (Å²) in [5.74, 6) is 0.804. The summed E-state index contributed by atoms with van der Waals surface area (Å²) in [7, 11) is -3.10. The van der Waals surface area contributed by atoms with Gasteiger partial charge in [-0.1, -0.05) is 18.2 Å². The highest BCUT2D eigenvalue weighted by Crippen LogP contribution is 2.14. The van der Waals surface area contributed by atoms with Crippen LogP contribution in [0.4, 0.5) is 0 Å². The van der Waals surface area contributed by atoms with Crippen LogP contribution in [-0.2, 0) is 23.2 Å². The van der Waals surface area contributed by atoms with Gasteiger partial charge in [0.25, 0.3) is 0 Å². The van der Waals surface area contributed by atoms with Crippen LogP contribution in [0.5, 0.6) is 5.75 Å². The SMILES string of the molecule is CS(=O)(=O)NCCCNCc1cccc(OCc2ccccn2)c1. The van der Waals surface area contributed by atoms with Gasteiger partial charge in [0, 0.05) is 19.3 Å². The lowest BCUT2D eigenvalue weighted by molar-refractivity contribution is 0.301. The van der Waals surface area contributed by atoms with Crippen LogP contribution in [-0.4, -0.2) is 32.7 Å². The van der Waals surface area contributed by atoms with Crippen LogP contribution in [0.1, 0.15) is 17.7 Å². The van der Waals surface area contributed by atoms with E-state index in [2.05, 4.69) is 15.0 Å². The van der Waals surface area contributed by atoms with Crippen molar-refractivity contribution < 1.29 is 13.2 Å². The maximum Gasteiger partial charge on any atom is 0.208 e. The monoisotopic (exact) mass is 349 g/mol. The first-order valence-corrected chi connectivity index (χ1v) is 9.69. The molecule has 130 valence electrons. The lowest BCUT2D eigenvalue weighted by Crippen LogP contribution is -2.26. The molecule has 1 aromatic heterocycles. The van der Waals surface area contributed by atoms with Gasteiger partial charge in [0.15, 0.2) is 0 Å². The number of pyridine rings is 1. The highest BCUT2D eigenvalue weighted by Gasteiger charge is 2.00. The van der Waals surface area contributed by atoms with Gasteiger partial charge in [-0.3, -0.25) is 4.98 Å². The molecule has 0 unspecified atom stereocenters. The number of sulfonamides is 1. The van der Waals surface area contributed by atoms with Gasteiger partial charge in [-0.2, -0.15) is 0 Å². The Bertz CT molecular complexity index is 721. The number of nitrogens with zero attached hydrogens (tertiary/aromatic N) is 1. The Balaban J connectivity index is 1.70. The molecule has 0 bridgehead atoms. The van der Waals surface area contributed by atoms with Crippen LogP contribution in [0.25, 0.3) is 0 Å². The number of rotatable bonds is 10. The van der Waals surface area contributed by atoms with Crippen molar-refractivity contribution in [2.75, 3.05) is 19.3 Å². The predicted octanol–water partition coefficient (Wildman–Crippen LogP) is 1.69. The Morgan fingerprint density at radius 3 is 2.75 bits per heavy atom. The van der Waals surface area contributed by atoms with E-state index in [4.69, 9.17) is 4.74 Å². The molecule has 6 nitrogen and oxygen atoms in total. The van der Waals surface area contributed by atoms with E-state index in [1.165, 1.54) is 0 Å². The molecule has 0 saturated heterocycles. The first-order chi connectivity index (χ1) is 11.5. The van der Waals surface area contributed by atoms with Crippen molar-refractivity contribution in [1.29, 1.82) is 0 Å². The molecular weight excluding hydrogens is 326 g/mol. The molecular formula is C17H23N3O3S. The fourth-order valence-electron chi connectivity index (χ4n) is 2.09. The fourth-order valence-corrected chi connectivity index (χ4v) is 2.60. The smallest absolute Gasteiger partial charge is 0.208 e. The summed E-state index contributed by atoms with van der Waals surface area (Å²) < 4.78 is 30.1. The molecule has 0 fully saturated rings. The van der Waals surface area contributed by atoms with Crippen molar-refractivity contribution in [3.63, 3.8) is 0 Å². The predicted molar refractivity (Wildman–Crippen MR) is 94.2 cm³/mol. The fraction of sp³-hybridized carbons (Fsp3) is 0.353. The van der Waals surface area contributed by atoms with E-state index in [-0.39, 0.29) is 0 Å². The van der Waals surface area contributed by atoms with Crippen molar-refractivity contribution >= 4 is 10.0 Å². The first-order valence-electron chi connectivity index (χ1n) is 7.80. The molecule has 0 saturated carbocycles. The minimum absolute atomic E-state index is 0.439. The molecule has 2 rings (SSSR count). The summed E-state index contributed by atoms with van der Waals surface area (Å²) in [4.78, 5) is 4.23. The Kier molecular flexibility index (Phi) is 7.17. The van der Waals surface area contributed by atoms with Crippen LogP contribution in [0.3, 0.4) is 0 Å². The molecule has 7 heteroatoms. The molecule has 0 atom stereocenters. The Labute approximate surface area is 143 Å². The molecule has 0 radical (unpaired) electrons. The van der Waals surface area contributed by atoms with E-state index in [1.54, 1.807) is 6.20 Å². The van der Waals surface area contributed by atoms with E-state index in [0.717, 1.165) is 36.2 Å². The zero-order chi connectivity index (χ0) is 17.3. The molecule has 0 aliphatic carbocycles. The maximum atomic E-state index is 10.9. The number of benzene rings is 1. The quantitative estimate of drug-likeness (QED) is 0.638. The second kappa shape index (κ2) is 9.36. The van der Waals surface area contributed by atoms with Crippen molar-refractivity contribution in [2.24, 2.45) is 0 Å². The van der Waals surface area contributed by atoms with Gasteiger partial charge in [0.05, 0.1) is 11.9 Å². The topological polar surface area (TPSA) is 80.3 Å². The van der Waals surface area contributed by atoms with Gasteiger partial charge in [0.2, 0.25) is 10.0 Å². The summed E-state index contributed by atoms with van der Waals surface area (Å²) in [6, 6.07) is 13.6. The maximum absolute atomic E-state index is 10.9. The van der Waals surface area contributed by atoms with Gasteiger partial charge >= 0.3 is 0 Å². The molecule has 0 aliphatic rings. The van der Waals surface area contributed by atoms with Crippen molar-refractivity contribution in [3.8, 4) is 5.75 Å². The second-order valence-electron chi connectivity index (χ2n) is 5.45. The van der Waals surface area contributed by atoms with Gasteiger partial charge in [-0.15, -0.1) is 0 Å². The largest absolute Gasteiger partial charge is 0.487 e. The lowest BCUT2D eigenvalue weighted by Gasteiger charge is -2.09. The van der Waals surface area contributed by atoms with Crippen LogP contribution in [0, 0.1) is 0 Å². The minimum atomic E-state index is -3.10. The average molecular weight is 349 g/mol. The Morgan fingerprint density at radius 2 is 2.00 bits per heavy atom. The van der Waals surface area contributed by atoms with Gasteiger partial charge in [-0.05, 0) is 42.8 Å². The van der Waals surface area contributed by atoms with Gasteiger partial charge in [-0.25, -0.2) is 13.1 Å². The van der Waals surface area contributed by atoms with E-state index >= 15 is 0 Å². The van der Waals surface area contributed by atoms with Crippen LogP contribution in [0.15, 0.2) is 48.7 Å². The number of aromatic nitrogens is 1. The summed E-state index contributed by atoms with van der Waals surface area (Å²) in [6.45, 7) is 2.33. The Hall–Kier alpha value is -1.96. The zero-order valence-corrected chi connectivity index (χ0v) is 14.6. The van der Waals surface area contributed by atoms with Gasteiger partial charge < -0.3 is 10.1 Å². The van der Waals surface area contributed by atoms with E-state index in [0.29, 0.717) is 19.7 Å². The van der Waals surface area contributed by atoms with Crippen molar-refractivity contribution in [3.05, 3.63) is 59.9 Å². The number of hydrogen-bond donors (Lipinski definition) is 2. The zero-order valence-electron chi connectivity index (χ0n) is 13.7. The van der Waals surface area contributed by atoms with Crippen LogP contribution in [0.2, 0.25) is 0 Å². The van der Waals surface area contributed by atoms with E-state index in [9.17, 15) is 8.42 Å². The minimum Gasteiger partial charge on any atom is -0.487 e. The number of ether oxygens (including phenoxy) is 1. The summed E-state index contributed by atoms with van der Waals surface area (Å²) in [5, 5.41) is 3.29. The van der Waals surface area contributed by atoms with Crippen LogP contribution >= 0.6 is 0 Å². The summed E-state index contributed by atoms with van der Waals surface area (Å²) in [6.07, 6.45) is 3.65. The molecule has 24 heavy (non-hydrogen) atoms. The van der Waals surface area contributed by atoms with E-state index < -0.39 is 10.0 Å². The molecule has 0 spiro atoms. The second-order valence-corrected chi connectivity index (χ2v) is 7.29.